The van der Waals surface area contributed by atoms with E-state index in [-0.39, 0.29) is 33.9 Å². The number of nitrogens with zero attached hydrogens (tertiary/aromatic N) is 5. The van der Waals surface area contributed by atoms with Gasteiger partial charge in [0.25, 0.3) is 11.8 Å². The molecule has 0 aliphatic heterocycles. The number of fused-ring (bicyclic) bond motifs is 1. The van der Waals surface area contributed by atoms with E-state index in [1.807, 2.05) is 0 Å². The SMILES string of the molecule is C=C(C(=O)Nc1ccc(-c2c(-c3ccc(Oc4nccc(C)n4)c(F)c3)c3c(N)ncnc3n2C)c(Cl)c1)C1CC1(F)F. The van der Waals surface area contributed by atoms with Crippen molar-refractivity contribution in [3.05, 3.63) is 83.7 Å². The first-order valence-electron chi connectivity index (χ1n) is 13.0. The Balaban J connectivity index is 1.40. The van der Waals surface area contributed by atoms with Gasteiger partial charge in [0.2, 0.25) is 0 Å². The number of nitrogens with two attached hydrogens (primary N) is 1. The van der Waals surface area contributed by atoms with Crippen molar-refractivity contribution in [3.8, 4) is 34.1 Å². The summed E-state index contributed by atoms with van der Waals surface area (Å²) in [7, 11) is 1.75. The van der Waals surface area contributed by atoms with Crippen molar-refractivity contribution < 1.29 is 22.7 Å². The molecular formula is C30H23ClF3N7O2. The molecule has 3 heterocycles. The largest absolute Gasteiger partial charge is 0.421 e. The predicted octanol–water partition coefficient (Wildman–Crippen LogP) is 6.72. The van der Waals surface area contributed by atoms with Crippen LogP contribution in [0.15, 0.2) is 67.1 Å². The summed E-state index contributed by atoms with van der Waals surface area (Å²) in [5, 5.41) is 3.27. The number of alkyl halides is 2. The van der Waals surface area contributed by atoms with Crippen molar-refractivity contribution in [1.82, 2.24) is 24.5 Å². The first-order valence-corrected chi connectivity index (χ1v) is 13.4. The van der Waals surface area contributed by atoms with Crippen LogP contribution >= 0.6 is 11.6 Å². The number of carbonyl (C=O) groups is 1. The number of nitrogen functional groups attached to an aromatic ring is 1. The second-order valence-electron chi connectivity index (χ2n) is 10.2. The van der Waals surface area contributed by atoms with Crippen LogP contribution in [0.2, 0.25) is 5.02 Å². The van der Waals surface area contributed by atoms with E-state index in [1.54, 1.807) is 42.8 Å². The van der Waals surface area contributed by atoms with Gasteiger partial charge in [0, 0.05) is 47.7 Å². The van der Waals surface area contributed by atoms with Gasteiger partial charge >= 0.3 is 6.01 Å². The van der Waals surface area contributed by atoms with E-state index in [1.165, 1.54) is 30.7 Å². The molecule has 1 atom stereocenters. The van der Waals surface area contributed by atoms with Crippen LogP contribution in [-0.4, -0.2) is 36.3 Å². The number of anilines is 2. The number of aromatic nitrogens is 5. The predicted molar refractivity (Wildman–Crippen MR) is 156 cm³/mol. The number of hydrogen-bond donors (Lipinski definition) is 2. The summed E-state index contributed by atoms with van der Waals surface area (Å²) in [5.41, 5.74) is 9.52. The zero-order chi connectivity index (χ0) is 30.6. The number of hydrogen-bond acceptors (Lipinski definition) is 7. The lowest BCUT2D eigenvalue weighted by atomic mass is 9.98. The number of rotatable bonds is 7. The highest BCUT2D eigenvalue weighted by Gasteiger charge is 2.59. The van der Waals surface area contributed by atoms with Crippen molar-refractivity contribution in [2.75, 3.05) is 11.1 Å². The van der Waals surface area contributed by atoms with E-state index in [2.05, 4.69) is 31.8 Å². The number of aryl methyl sites for hydroxylation is 2. The zero-order valence-corrected chi connectivity index (χ0v) is 23.6. The highest BCUT2D eigenvalue weighted by Crippen LogP contribution is 2.52. The number of carbonyl (C=O) groups excluding carboxylic acids is 1. The third-order valence-electron chi connectivity index (χ3n) is 7.21. The molecule has 1 aliphatic rings. The maximum absolute atomic E-state index is 15.4. The van der Waals surface area contributed by atoms with Gasteiger partial charge in [0.15, 0.2) is 11.6 Å². The maximum atomic E-state index is 15.4. The topological polar surface area (TPSA) is 121 Å². The minimum atomic E-state index is -2.91. The molecule has 0 radical (unpaired) electrons. The van der Waals surface area contributed by atoms with Crippen LogP contribution in [0.4, 0.5) is 24.7 Å². The number of amides is 1. The molecule has 1 saturated carbocycles. The fourth-order valence-electron chi connectivity index (χ4n) is 4.93. The summed E-state index contributed by atoms with van der Waals surface area (Å²) in [5.74, 6) is -5.38. The lowest BCUT2D eigenvalue weighted by molar-refractivity contribution is -0.113. The Hall–Kier alpha value is -4.97. The molecule has 218 valence electrons. The molecule has 13 heteroatoms. The Bertz CT molecular complexity index is 1960. The molecule has 43 heavy (non-hydrogen) atoms. The van der Waals surface area contributed by atoms with E-state index in [4.69, 9.17) is 22.1 Å². The minimum absolute atomic E-state index is 0.00326. The first-order chi connectivity index (χ1) is 20.4. The quantitative estimate of drug-likeness (QED) is 0.198. The Kier molecular flexibility index (Phi) is 6.80. The molecule has 0 spiro atoms. The lowest BCUT2D eigenvalue weighted by Gasteiger charge is -2.14. The molecule has 9 nitrogen and oxygen atoms in total. The molecule has 1 fully saturated rings. The monoisotopic (exact) mass is 605 g/mol. The summed E-state index contributed by atoms with van der Waals surface area (Å²) in [4.78, 5) is 29.2. The molecule has 1 amide bonds. The van der Waals surface area contributed by atoms with Gasteiger partial charge in [-0.25, -0.2) is 33.1 Å². The number of nitrogens with one attached hydrogen (secondary N) is 1. The second kappa shape index (κ2) is 10.4. The Labute approximate surface area is 248 Å². The number of benzene rings is 2. The summed E-state index contributed by atoms with van der Waals surface area (Å²) in [6, 6.07) is 10.8. The maximum Gasteiger partial charge on any atom is 0.322 e. The first kappa shape index (κ1) is 28.2. The fourth-order valence-corrected chi connectivity index (χ4v) is 5.20. The van der Waals surface area contributed by atoms with Gasteiger partial charge in [-0.15, -0.1) is 0 Å². The van der Waals surface area contributed by atoms with E-state index in [0.29, 0.717) is 39.1 Å². The molecule has 5 aromatic rings. The molecular weight excluding hydrogens is 583 g/mol. The van der Waals surface area contributed by atoms with Crippen molar-refractivity contribution in [2.45, 2.75) is 19.3 Å². The Morgan fingerprint density at radius 2 is 1.95 bits per heavy atom. The average molecular weight is 606 g/mol. The van der Waals surface area contributed by atoms with Gasteiger partial charge < -0.3 is 20.4 Å². The zero-order valence-electron chi connectivity index (χ0n) is 22.8. The fraction of sp³-hybridized carbons (Fsp3) is 0.167. The van der Waals surface area contributed by atoms with E-state index in [9.17, 15) is 13.6 Å². The molecule has 3 N–H and O–H groups in total. The third-order valence-corrected chi connectivity index (χ3v) is 7.52. The standard InChI is InChI=1S/C30H23ClF3N7O2/c1-14-8-9-36-29(39-14)43-22-7-4-16(10-21(22)32)23-24-26(35)37-13-38-27(24)41(3)25(23)18-6-5-17(11-20(18)31)40-28(42)15(2)19-12-30(19,33)34/h4-11,13,19H,2,12H2,1,3H3,(H,40,42)(H2,35,37,38). The Morgan fingerprint density at radius 1 is 1.19 bits per heavy atom. The third kappa shape index (κ3) is 5.14. The smallest absolute Gasteiger partial charge is 0.322 e. The van der Waals surface area contributed by atoms with Crippen molar-refractivity contribution in [2.24, 2.45) is 13.0 Å². The van der Waals surface area contributed by atoms with Crippen molar-refractivity contribution in [3.63, 3.8) is 0 Å². The molecule has 0 saturated heterocycles. The number of ether oxygens (including phenoxy) is 1. The van der Waals surface area contributed by atoms with E-state index >= 15 is 4.39 Å². The molecule has 2 aromatic carbocycles. The van der Waals surface area contributed by atoms with Gasteiger partial charge in [-0.05, 0) is 48.9 Å². The van der Waals surface area contributed by atoms with Crippen LogP contribution in [0, 0.1) is 18.7 Å². The van der Waals surface area contributed by atoms with Crippen LogP contribution in [0.5, 0.6) is 11.8 Å². The van der Waals surface area contributed by atoms with Crippen molar-refractivity contribution >= 4 is 40.0 Å². The Morgan fingerprint density at radius 3 is 2.63 bits per heavy atom. The van der Waals surface area contributed by atoms with Crippen LogP contribution < -0.4 is 15.8 Å². The molecule has 3 aromatic heterocycles. The van der Waals surface area contributed by atoms with Gasteiger partial charge in [-0.3, -0.25) is 4.79 Å². The van der Waals surface area contributed by atoms with Gasteiger partial charge in [0.1, 0.15) is 17.8 Å². The summed E-state index contributed by atoms with van der Waals surface area (Å²) >= 11 is 6.72. The second-order valence-corrected chi connectivity index (χ2v) is 10.6. The number of halogens is 4. The summed E-state index contributed by atoms with van der Waals surface area (Å²) in [6.07, 6.45) is 2.43. The molecule has 1 unspecified atom stereocenters. The van der Waals surface area contributed by atoms with Crippen LogP contribution in [0.1, 0.15) is 12.1 Å². The highest BCUT2D eigenvalue weighted by atomic mass is 35.5. The summed E-state index contributed by atoms with van der Waals surface area (Å²) < 4.78 is 49.6. The highest BCUT2D eigenvalue weighted by molar-refractivity contribution is 6.34. The minimum Gasteiger partial charge on any atom is -0.421 e. The van der Waals surface area contributed by atoms with Crippen molar-refractivity contribution in [1.29, 1.82) is 0 Å². The lowest BCUT2D eigenvalue weighted by Crippen LogP contribution is -2.16. The summed E-state index contributed by atoms with van der Waals surface area (Å²) in [6.45, 7) is 5.29. The van der Waals surface area contributed by atoms with Gasteiger partial charge in [-0.2, -0.15) is 0 Å². The van der Waals surface area contributed by atoms with Crippen LogP contribution in [0.3, 0.4) is 0 Å². The van der Waals surface area contributed by atoms with Gasteiger partial charge in [-0.1, -0.05) is 24.2 Å². The van der Waals surface area contributed by atoms with Crippen LogP contribution in [0.25, 0.3) is 33.4 Å². The normalized spacial score (nSPS) is 15.3. The molecule has 0 bridgehead atoms. The van der Waals surface area contributed by atoms with Crippen LogP contribution in [-0.2, 0) is 11.8 Å². The van der Waals surface area contributed by atoms with Gasteiger partial charge in [0.05, 0.1) is 22.0 Å². The average Bonchev–Trinajstić information content (AvgIpc) is 3.49. The van der Waals surface area contributed by atoms with E-state index in [0.717, 1.165) is 0 Å². The van der Waals surface area contributed by atoms with E-state index < -0.39 is 30.0 Å². The molecule has 1 aliphatic carbocycles. The molecule has 6 rings (SSSR count).